The van der Waals surface area contributed by atoms with E-state index in [0.717, 1.165) is 0 Å². The maximum atomic E-state index is 13.2. The molecule has 2 N–H and O–H groups in total. The predicted molar refractivity (Wildman–Crippen MR) is 160 cm³/mol. The van der Waals surface area contributed by atoms with Gasteiger partial charge in [0.1, 0.15) is 11.6 Å². The molecule has 0 unspecified atom stereocenters. The number of ketones is 4. The van der Waals surface area contributed by atoms with Crippen molar-refractivity contribution in [3.63, 3.8) is 0 Å². The predicted octanol–water partition coefficient (Wildman–Crippen LogP) is 4.39. The van der Waals surface area contributed by atoms with Crippen LogP contribution in [0.4, 0.5) is 8.78 Å². The molecule has 0 saturated heterocycles. The number of benzene rings is 2. The number of fused-ring (bicyclic) bond motifs is 2. The summed E-state index contributed by atoms with van der Waals surface area (Å²) in [5.74, 6) is -2.92. The summed E-state index contributed by atoms with van der Waals surface area (Å²) in [4.78, 5) is 61.3. The van der Waals surface area contributed by atoms with Crippen molar-refractivity contribution in [1.82, 2.24) is 25.5 Å². The number of hydrogen-bond donors (Lipinski definition) is 2. The number of carbonyl (C=O) groups is 4. The van der Waals surface area contributed by atoms with Crippen molar-refractivity contribution in [2.75, 3.05) is 33.2 Å². The van der Waals surface area contributed by atoms with E-state index in [1.807, 2.05) is 7.05 Å². The Kier molecular flexibility index (Phi) is 8.49. The molecule has 2 aliphatic rings. The van der Waals surface area contributed by atoms with Crippen LogP contribution in [0.15, 0.2) is 80.9 Å². The van der Waals surface area contributed by atoms with Gasteiger partial charge in [0.15, 0.2) is 11.4 Å². The van der Waals surface area contributed by atoms with Crippen LogP contribution in [0.1, 0.15) is 54.9 Å². The van der Waals surface area contributed by atoms with E-state index >= 15 is 0 Å². The zero-order chi connectivity index (χ0) is 32.4. The SMILES string of the molecule is CN(CCCNC1=CC(=O)c2nc(-c3ccc(F)cc3)oc2C1=O)CCCNC1=CC(=O)c2nc(-c3ccc(F)cc3)oc2C1=O. The first-order valence-electron chi connectivity index (χ1n) is 14.5. The van der Waals surface area contributed by atoms with Crippen LogP contribution in [-0.4, -0.2) is 71.2 Å². The second-order valence-electron chi connectivity index (χ2n) is 10.8. The number of oxazole rings is 2. The molecule has 0 bridgehead atoms. The highest BCUT2D eigenvalue weighted by atomic mass is 19.1. The van der Waals surface area contributed by atoms with Gasteiger partial charge in [0.25, 0.3) is 0 Å². The first-order chi connectivity index (χ1) is 22.2. The minimum Gasteiger partial charge on any atom is -0.432 e. The topological polar surface area (TPSA) is 148 Å². The molecule has 0 amide bonds. The van der Waals surface area contributed by atoms with Gasteiger partial charge in [-0.15, -0.1) is 0 Å². The number of Topliss-reactive ketones (excluding diaryl/α,β-unsaturated/α-hetero) is 2. The van der Waals surface area contributed by atoms with Crippen molar-refractivity contribution >= 4 is 23.1 Å². The fourth-order valence-electron chi connectivity index (χ4n) is 5.01. The minimum absolute atomic E-state index is 0.0620. The monoisotopic (exact) mass is 627 g/mol. The molecule has 46 heavy (non-hydrogen) atoms. The molecule has 13 heteroatoms. The standard InChI is InChI=1S/C33H27F2N5O6/c1-40(14-2-12-36-22-16-24(41)26-30(28(22)43)45-32(38-26)18-4-8-20(34)9-5-18)15-3-13-37-23-17-25(42)27-31(29(23)44)46-33(39-27)19-6-10-21(35)11-7-19/h4-11,16-17,36-37H,2-3,12-15H2,1H3. The Morgan fingerprint density at radius 1 is 0.652 bits per heavy atom. The van der Waals surface area contributed by atoms with Crippen LogP contribution in [0.5, 0.6) is 0 Å². The lowest BCUT2D eigenvalue weighted by molar-refractivity contribution is 0.0956. The third kappa shape index (κ3) is 6.31. The third-order valence-corrected chi connectivity index (χ3v) is 7.42. The number of hydrogen-bond acceptors (Lipinski definition) is 11. The Morgan fingerprint density at radius 3 is 1.43 bits per heavy atom. The largest absolute Gasteiger partial charge is 0.432 e. The lowest BCUT2D eigenvalue weighted by Gasteiger charge is -2.18. The normalized spacial score (nSPS) is 14.3. The summed E-state index contributed by atoms with van der Waals surface area (Å²) in [5.41, 5.74) is 0.974. The maximum Gasteiger partial charge on any atom is 0.246 e. The van der Waals surface area contributed by atoms with Crippen LogP contribution in [0.25, 0.3) is 22.9 Å². The molecule has 2 aromatic heterocycles. The number of halogens is 2. The van der Waals surface area contributed by atoms with Crippen LogP contribution >= 0.6 is 0 Å². The van der Waals surface area contributed by atoms with Crippen molar-refractivity contribution in [3.05, 3.63) is 107 Å². The van der Waals surface area contributed by atoms with E-state index in [4.69, 9.17) is 8.83 Å². The fourth-order valence-corrected chi connectivity index (χ4v) is 5.01. The van der Waals surface area contributed by atoms with Gasteiger partial charge >= 0.3 is 0 Å². The summed E-state index contributed by atoms with van der Waals surface area (Å²) in [5, 5.41) is 6.01. The molecule has 234 valence electrons. The highest BCUT2D eigenvalue weighted by molar-refractivity contribution is 6.23. The van der Waals surface area contributed by atoms with Gasteiger partial charge in [-0.05, 0) is 81.5 Å². The highest BCUT2D eigenvalue weighted by Gasteiger charge is 2.33. The quantitative estimate of drug-likeness (QED) is 0.216. The number of allylic oxidation sites excluding steroid dienone is 4. The van der Waals surface area contributed by atoms with Crippen LogP contribution in [-0.2, 0) is 0 Å². The highest BCUT2D eigenvalue weighted by Crippen LogP contribution is 2.28. The second-order valence-corrected chi connectivity index (χ2v) is 10.8. The molecule has 11 nitrogen and oxygen atoms in total. The molecule has 4 aromatic rings. The Bertz CT molecular complexity index is 1770. The zero-order valence-corrected chi connectivity index (χ0v) is 24.6. The van der Waals surface area contributed by atoms with Crippen molar-refractivity contribution < 1.29 is 36.8 Å². The summed E-state index contributed by atoms with van der Waals surface area (Å²) < 4.78 is 37.7. The van der Waals surface area contributed by atoms with Gasteiger partial charge in [-0.2, -0.15) is 0 Å². The van der Waals surface area contributed by atoms with Gasteiger partial charge in [-0.25, -0.2) is 18.7 Å². The Morgan fingerprint density at radius 2 is 1.04 bits per heavy atom. The Labute approximate surface area is 261 Å². The fraction of sp³-hybridized carbons (Fsp3) is 0.212. The molecule has 6 rings (SSSR count). The summed E-state index contributed by atoms with van der Waals surface area (Å²) in [6.07, 6.45) is 3.73. The molecule has 0 spiro atoms. The third-order valence-electron chi connectivity index (χ3n) is 7.42. The zero-order valence-electron chi connectivity index (χ0n) is 24.6. The molecule has 2 aromatic carbocycles. The van der Waals surface area contributed by atoms with Crippen molar-refractivity contribution in [1.29, 1.82) is 0 Å². The van der Waals surface area contributed by atoms with Gasteiger partial charge in [0, 0.05) is 36.4 Å². The van der Waals surface area contributed by atoms with E-state index in [9.17, 15) is 28.0 Å². The lowest BCUT2D eigenvalue weighted by Crippen LogP contribution is -2.31. The molecular formula is C33H27F2N5O6. The molecule has 0 radical (unpaired) electrons. The van der Waals surface area contributed by atoms with E-state index in [-0.39, 0.29) is 46.1 Å². The number of nitrogens with zero attached hydrogens (tertiary/aromatic N) is 3. The average molecular weight is 628 g/mol. The first kappa shape index (κ1) is 30.5. The number of nitrogens with one attached hydrogen (secondary N) is 2. The lowest BCUT2D eigenvalue weighted by atomic mass is 10.0. The molecule has 0 fully saturated rings. The molecular weight excluding hydrogens is 600 g/mol. The summed E-state index contributed by atoms with van der Waals surface area (Å²) >= 11 is 0. The van der Waals surface area contributed by atoms with Gasteiger partial charge in [-0.1, -0.05) is 0 Å². The first-order valence-corrected chi connectivity index (χ1v) is 14.5. The van der Waals surface area contributed by atoms with Crippen molar-refractivity contribution in [3.8, 4) is 22.9 Å². The van der Waals surface area contributed by atoms with Gasteiger partial charge in [0.2, 0.25) is 46.4 Å². The molecule has 0 saturated carbocycles. The summed E-state index contributed by atoms with van der Waals surface area (Å²) in [6, 6.07) is 10.8. The van der Waals surface area contributed by atoms with Gasteiger partial charge < -0.3 is 24.4 Å². The van der Waals surface area contributed by atoms with Gasteiger partial charge in [-0.3, -0.25) is 19.2 Å². The summed E-state index contributed by atoms with van der Waals surface area (Å²) in [6.45, 7) is 2.20. The Hall–Kier alpha value is -5.56. The van der Waals surface area contributed by atoms with E-state index in [0.29, 0.717) is 50.1 Å². The second kappa shape index (κ2) is 12.8. The van der Waals surface area contributed by atoms with Crippen molar-refractivity contribution in [2.45, 2.75) is 12.8 Å². The van der Waals surface area contributed by atoms with Crippen molar-refractivity contribution in [2.24, 2.45) is 0 Å². The van der Waals surface area contributed by atoms with E-state index in [2.05, 4.69) is 25.5 Å². The van der Waals surface area contributed by atoms with E-state index in [1.165, 1.54) is 60.7 Å². The van der Waals surface area contributed by atoms with Crippen LogP contribution in [0, 0.1) is 11.6 Å². The van der Waals surface area contributed by atoms with Crippen LogP contribution < -0.4 is 10.6 Å². The molecule has 2 aliphatic carbocycles. The van der Waals surface area contributed by atoms with Crippen LogP contribution in [0.3, 0.4) is 0 Å². The summed E-state index contributed by atoms with van der Waals surface area (Å²) in [7, 11) is 1.93. The molecule has 0 aliphatic heterocycles. The Balaban J connectivity index is 0.931. The smallest absolute Gasteiger partial charge is 0.246 e. The number of carbonyl (C=O) groups excluding carboxylic acids is 4. The van der Waals surface area contributed by atoms with Gasteiger partial charge in [0.05, 0.1) is 11.4 Å². The van der Waals surface area contributed by atoms with E-state index in [1.54, 1.807) is 0 Å². The molecule has 0 atom stereocenters. The van der Waals surface area contributed by atoms with E-state index < -0.39 is 34.8 Å². The number of rotatable bonds is 12. The maximum absolute atomic E-state index is 13.2. The average Bonchev–Trinajstić information content (AvgIpc) is 3.70. The van der Waals surface area contributed by atoms with Crippen LogP contribution in [0.2, 0.25) is 0 Å². The minimum atomic E-state index is -0.482. The molecule has 2 heterocycles. The number of aromatic nitrogens is 2.